The SMILES string of the molecule is CCN(CCN1CC[C@H](COI)C1)C1=NCC(F)CN1. The Hall–Kier alpha value is -0.150. The Labute approximate surface area is 134 Å². The minimum absolute atomic E-state index is 0.289. The van der Waals surface area contributed by atoms with Crippen molar-refractivity contribution in [3.8, 4) is 0 Å². The molecule has 2 aliphatic heterocycles. The molecule has 2 heterocycles. The van der Waals surface area contributed by atoms with Gasteiger partial charge < -0.3 is 18.2 Å². The molecular formula is C13H24FIN4O. The normalized spacial score (nSPS) is 27.2. The van der Waals surface area contributed by atoms with Gasteiger partial charge in [-0.25, -0.2) is 4.39 Å². The molecule has 2 rings (SSSR count). The molecule has 0 saturated carbocycles. The van der Waals surface area contributed by atoms with Gasteiger partial charge in [0.2, 0.25) is 0 Å². The molecule has 7 heteroatoms. The summed E-state index contributed by atoms with van der Waals surface area (Å²) >= 11 is 1.97. The largest absolute Gasteiger partial charge is 0.353 e. The lowest BCUT2D eigenvalue weighted by Crippen LogP contribution is -2.49. The summed E-state index contributed by atoms with van der Waals surface area (Å²) in [5, 5.41) is 3.09. The zero-order valence-electron chi connectivity index (χ0n) is 12.0. The second-order valence-electron chi connectivity index (χ2n) is 5.45. The molecule has 20 heavy (non-hydrogen) atoms. The van der Waals surface area contributed by atoms with Crippen molar-refractivity contribution >= 4 is 29.0 Å². The average Bonchev–Trinajstić information content (AvgIpc) is 2.89. The van der Waals surface area contributed by atoms with Crippen molar-refractivity contribution in [3.63, 3.8) is 0 Å². The second-order valence-corrected chi connectivity index (χ2v) is 6.08. The van der Waals surface area contributed by atoms with Gasteiger partial charge in [-0.2, -0.15) is 0 Å². The molecule has 0 bridgehead atoms. The van der Waals surface area contributed by atoms with Crippen LogP contribution in [0, 0.1) is 5.92 Å². The highest BCUT2D eigenvalue weighted by Gasteiger charge is 2.23. The Balaban J connectivity index is 1.74. The minimum atomic E-state index is -0.843. The van der Waals surface area contributed by atoms with Crippen LogP contribution in [0.25, 0.3) is 0 Å². The van der Waals surface area contributed by atoms with Crippen LogP contribution in [-0.4, -0.2) is 74.4 Å². The van der Waals surface area contributed by atoms with Gasteiger partial charge in [-0.3, -0.25) is 4.99 Å². The molecule has 2 atom stereocenters. The van der Waals surface area contributed by atoms with Gasteiger partial charge in [0.05, 0.1) is 19.7 Å². The van der Waals surface area contributed by atoms with Crippen LogP contribution in [0.1, 0.15) is 13.3 Å². The number of likely N-dealkylation sites (tertiary alicyclic amines) is 1. The molecule has 1 saturated heterocycles. The van der Waals surface area contributed by atoms with Gasteiger partial charge in [-0.05, 0) is 25.8 Å². The van der Waals surface area contributed by atoms with E-state index in [0.29, 0.717) is 12.5 Å². The summed E-state index contributed by atoms with van der Waals surface area (Å²) in [7, 11) is 0. The number of hydrogen-bond donors (Lipinski definition) is 1. The summed E-state index contributed by atoms with van der Waals surface area (Å²) in [6.07, 6.45) is 0.378. The number of nitrogens with one attached hydrogen (secondary N) is 1. The topological polar surface area (TPSA) is 40.1 Å². The molecule has 5 nitrogen and oxygen atoms in total. The van der Waals surface area contributed by atoms with Crippen LogP contribution in [0.2, 0.25) is 0 Å². The molecule has 0 aliphatic carbocycles. The fourth-order valence-electron chi connectivity index (χ4n) is 2.74. The van der Waals surface area contributed by atoms with Crippen LogP contribution in [0.5, 0.6) is 0 Å². The second kappa shape index (κ2) is 8.33. The molecule has 1 fully saturated rings. The van der Waals surface area contributed by atoms with E-state index >= 15 is 0 Å². The summed E-state index contributed by atoms with van der Waals surface area (Å²) in [4.78, 5) is 8.97. The van der Waals surface area contributed by atoms with Crippen molar-refractivity contribution in [1.29, 1.82) is 0 Å². The van der Waals surface area contributed by atoms with Gasteiger partial charge in [-0.15, -0.1) is 0 Å². The predicted molar refractivity (Wildman–Crippen MR) is 87.0 cm³/mol. The molecule has 1 N–H and O–H groups in total. The Morgan fingerprint density at radius 1 is 1.60 bits per heavy atom. The standard InChI is InChI=1S/C13H24FIN4O/c1-2-19(13-16-7-12(14)8-17-13)6-5-18-4-3-11(9-18)10-20-15/h11-12H,2-10H2,1H3,(H,16,17)/t11-/m0/s1. The summed E-state index contributed by atoms with van der Waals surface area (Å²) in [6.45, 7) is 8.77. The van der Waals surface area contributed by atoms with Crippen LogP contribution in [0.4, 0.5) is 4.39 Å². The summed E-state index contributed by atoms with van der Waals surface area (Å²) < 4.78 is 18.3. The van der Waals surface area contributed by atoms with Gasteiger partial charge >= 0.3 is 0 Å². The highest BCUT2D eigenvalue weighted by Crippen LogP contribution is 2.17. The van der Waals surface area contributed by atoms with Crippen LogP contribution < -0.4 is 5.32 Å². The Bertz CT molecular complexity index is 331. The van der Waals surface area contributed by atoms with E-state index in [9.17, 15) is 4.39 Å². The maximum absolute atomic E-state index is 13.1. The highest BCUT2D eigenvalue weighted by atomic mass is 127. The third-order valence-electron chi connectivity index (χ3n) is 3.96. The number of halogens is 2. The van der Waals surface area contributed by atoms with Crippen LogP contribution in [-0.2, 0) is 3.07 Å². The molecule has 0 aromatic rings. The van der Waals surface area contributed by atoms with E-state index in [2.05, 4.69) is 27.0 Å². The number of alkyl halides is 1. The molecule has 1 unspecified atom stereocenters. The van der Waals surface area contributed by atoms with Crippen molar-refractivity contribution in [2.45, 2.75) is 19.5 Å². The maximum atomic E-state index is 13.1. The van der Waals surface area contributed by atoms with E-state index in [4.69, 9.17) is 3.07 Å². The third kappa shape index (κ3) is 4.70. The molecule has 0 aromatic heterocycles. The van der Waals surface area contributed by atoms with Crippen LogP contribution in [0.3, 0.4) is 0 Å². The van der Waals surface area contributed by atoms with Gasteiger partial charge in [0, 0.05) is 26.2 Å². The molecule has 2 aliphatic rings. The van der Waals surface area contributed by atoms with Gasteiger partial charge in [0.1, 0.15) is 29.2 Å². The fraction of sp³-hybridized carbons (Fsp3) is 0.923. The smallest absolute Gasteiger partial charge is 0.194 e. The van der Waals surface area contributed by atoms with Crippen molar-refractivity contribution < 1.29 is 7.46 Å². The Morgan fingerprint density at radius 3 is 3.10 bits per heavy atom. The molecular weight excluding hydrogens is 374 g/mol. The Kier molecular flexibility index (Phi) is 6.76. The number of guanidine groups is 1. The first-order chi connectivity index (χ1) is 9.72. The van der Waals surface area contributed by atoms with E-state index in [1.807, 2.05) is 23.0 Å². The summed E-state index contributed by atoms with van der Waals surface area (Å²) in [5.41, 5.74) is 0. The first-order valence-electron chi connectivity index (χ1n) is 7.36. The number of aliphatic imine (C=N–C) groups is 1. The first kappa shape index (κ1) is 16.2. The van der Waals surface area contributed by atoms with Crippen molar-refractivity contribution in [3.05, 3.63) is 0 Å². The Morgan fingerprint density at radius 2 is 2.45 bits per heavy atom. The van der Waals surface area contributed by atoms with Gasteiger partial charge in [-0.1, -0.05) is 0 Å². The van der Waals surface area contributed by atoms with Crippen molar-refractivity contribution in [1.82, 2.24) is 15.1 Å². The molecule has 0 aromatic carbocycles. The number of hydrogen-bond acceptors (Lipinski definition) is 5. The van der Waals surface area contributed by atoms with Crippen LogP contribution in [0.15, 0.2) is 4.99 Å². The van der Waals surface area contributed by atoms with E-state index in [0.717, 1.165) is 45.3 Å². The van der Waals surface area contributed by atoms with Crippen molar-refractivity contribution in [2.75, 3.05) is 52.4 Å². The number of nitrogens with zero attached hydrogens (tertiary/aromatic N) is 3. The van der Waals surface area contributed by atoms with Gasteiger partial charge in [0.25, 0.3) is 0 Å². The lowest BCUT2D eigenvalue weighted by Gasteiger charge is -2.30. The lowest BCUT2D eigenvalue weighted by atomic mass is 10.1. The quantitative estimate of drug-likeness (QED) is 0.685. The van der Waals surface area contributed by atoms with Gasteiger partial charge in [0.15, 0.2) is 5.96 Å². The first-order valence-corrected chi connectivity index (χ1v) is 8.24. The van der Waals surface area contributed by atoms with E-state index in [1.54, 1.807) is 0 Å². The maximum Gasteiger partial charge on any atom is 0.194 e. The van der Waals surface area contributed by atoms with E-state index in [-0.39, 0.29) is 6.54 Å². The number of likely N-dealkylation sites (N-methyl/N-ethyl adjacent to an activating group) is 1. The summed E-state index contributed by atoms with van der Waals surface area (Å²) in [5.74, 6) is 1.52. The number of rotatable bonds is 6. The third-order valence-corrected chi connectivity index (χ3v) is 4.32. The zero-order valence-corrected chi connectivity index (χ0v) is 14.2. The lowest BCUT2D eigenvalue weighted by molar-refractivity contribution is 0.260. The van der Waals surface area contributed by atoms with Crippen LogP contribution >= 0.6 is 23.0 Å². The van der Waals surface area contributed by atoms with E-state index in [1.165, 1.54) is 6.42 Å². The minimum Gasteiger partial charge on any atom is -0.353 e. The fourth-order valence-corrected chi connectivity index (χ4v) is 3.25. The molecule has 0 radical (unpaired) electrons. The predicted octanol–water partition coefficient (Wildman–Crippen LogP) is 1.29. The monoisotopic (exact) mass is 398 g/mol. The highest BCUT2D eigenvalue weighted by molar-refractivity contribution is 14.1. The molecule has 0 spiro atoms. The van der Waals surface area contributed by atoms with Crippen molar-refractivity contribution in [2.24, 2.45) is 10.9 Å². The average molecular weight is 398 g/mol. The van der Waals surface area contributed by atoms with E-state index < -0.39 is 6.17 Å². The molecule has 0 amide bonds. The summed E-state index contributed by atoms with van der Waals surface area (Å²) in [6, 6.07) is 0. The molecule has 116 valence electrons. The zero-order chi connectivity index (χ0) is 14.4.